The topological polar surface area (TPSA) is 66.6 Å². The monoisotopic (exact) mass is 894 g/mol. The Bertz CT molecular complexity index is 4330. The zero-order valence-corrected chi connectivity index (χ0v) is 37.5. The molecule has 0 saturated heterocycles. The van der Waals surface area contributed by atoms with Crippen molar-refractivity contribution in [3.05, 3.63) is 231 Å². The summed E-state index contributed by atoms with van der Waals surface area (Å²) in [6.07, 6.45) is 0. The number of fused-ring (bicyclic) bond motifs is 12. The molecule has 0 aliphatic rings. The number of hydrogen-bond donors (Lipinski definition) is 0. The first-order chi connectivity index (χ1) is 34.7. The molecule has 0 spiro atoms. The largest absolute Gasteiger partial charge is 0.456 e. The van der Waals surface area contributed by atoms with Crippen molar-refractivity contribution >= 4 is 87.4 Å². The highest BCUT2D eigenvalue weighted by molar-refractivity contribution is 6.13. The highest BCUT2D eigenvalue weighted by atomic mass is 16.3. The van der Waals surface area contributed by atoms with Crippen molar-refractivity contribution in [1.82, 2.24) is 28.7 Å². The fourth-order valence-corrected chi connectivity index (χ4v) is 11.1. The summed E-state index contributed by atoms with van der Waals surface area (Å²) in [5, 5.41) is 9.13. The Labute approximate surface area is 400 Å². The lowest BCUT2D eigenvalue weighted by molar-refractivity contribution is 0.669. The van der Waals surface area contributed by atoms with Crippen LogP contribution in [0.4, 0.5) is 0 Å². The minimum absolute atomic E-state index is 0.541. The van der Waals surface area contributed by atoms with Gasteiger partial charge in [0.15, 0.2) is 5.82 Å². The van der Waals surface area contributed by atoms with Crippen molar-refractivity contribution in [3.8, 4) is 51.2 Å². The lowest BCUT2D eigenvalue weighted by Gasteiger charge is -2.19. The maximum Gasteiger partial charge on any atom is 0.240 e. The molecule has 5 heterocycles. The molecule has 0 amide bonds. The van der Waals surface area contributed by atoms with E-state index in [1.165, 1.54) is 10.8 Å². The fraction of sp³-hybridized carbons (Fsp3) is 0. The SMILES string of the molecule is c1cc(-c2nc(-n3c4ccccc4c4ccccc43)nc(-n3c4ccccc4c4ccccc43)n2)cc(-c2cccc(-c3ccc4oc5ccccc5c4c3)c2-n2c3ccccc3c3ccccc32)c1. The summed E-state index contributed by atoms with van der Waals surface area (Å²) in [7, 11) is 0. The van der Waals surface area contributed by atoms with Gasteiger partial charge in [0.25, 0.3) is 0 Å². The number of para-hydroxylation sites is 8. The molecule has 0 unspecified atom stereocenters. The second-order valence-corrected chi connectivity index (χ2v) is 18.0. The van der Waals surface area contributed by atoms with Crippen molar-refractivity contribution in [2.45, 2.75) is 0 Å². The molecule has 70 heavy (non-hydrogen) atoms. The molecule has 15 aromatic rings. The van der Waals surface area contributed by atoms with Gasteiger partial charge in [-0.3, -0.25) is 9.13 Å². The van der Waals surface area contributed by atoms with Crippen LogP contribution in [0.15, 0.2) is 235 Å². The summed E-state index contributed by atoms with van der Waals surface area (Å²) in [6, 6.07) is 81.6. The smallest absolute Gasteiger partial charge is 0.240 e. The maximum absolute atomic E-state index is 6.33. The Balaban J connectivity index is 0.999. The molecule has 0 atom stereocenters. The van der Waals surface area contributed by atoms with Crippen molar-refractivity contribution in [3.63, 3.8) is 0 Å². The van der Waals surface area contributed by atoms with Crippen molar-refractivity contribution in [1.29, 1.82) is 0 Å². The number of rotatable bonds is 6. The molecule has 0 aliphatic carbocycles. The molecule has 15 rings (SSSR count). The lowest BCUT2D eigenvalue weighted by atomic mass is 9.93. The highest BCUT2D eigenvalue weighted by Crippen LogP contribution is 2.44. The molecule has 0 fully saturated rings. The number of hydrogen-bond acceptors (Lipinski definition) is 4. The van der Waals surface area contributed by atoms with Crippen LogP contribution in [0.1, 0.15) is 0 Å². The Morgan fingerprint density at radius 1 is 0.271 bits per heavy atom. The standard InChI is InChI=1S/C63H38N6O/c1-8-28-52-44(19-1)45-20-2-9-29-53(45)67(52)60-42(26-16-27-43(60)40-35-36-59-51(38-40)50-25-7-14-34-58(50)70-59)39-17-15-18-41(37-39)61-64-62(68-54-30-10-3-21-46(54)47-22-4-11-31-55(47)68)66-63(65-61)69-56-32-12-5-23-48(56)49-24-6-13-33-57(49)69/h1-38H. The molecule has 7 heteroatoms. The predicted octanol–water partition coefficient (Wildman–Crippen LogP) is 16.1. The molecule has 0 saturated carbocycles. The highest BCUT2D eigenvalue weighted by Gasteiger charge is 2.23. The second-order valence-electron chi connectivity index (χ2n) is 18.0. The Morgan fingerprint density at radius 2 is 0.657 bits per heavy atom. The Hall–Kier alpha value is -9.59. The molecule has 0 N–H and O–H groups in total. The van der Waals surface area contributed by atoms with E-state index in [4.69, 9.17) is 19.4 Å². The predicted molar refractivity (Wildman–Crippen MR) is 286 cm³/mol. The van der Waals surface area contributed by atoms with E-state index in [1.54, 1.807) is 0 Å². The maximum atomic E-state index is 6.33. The normalized spacial score (nSPS) is 12.0. The summed E-state index contributed by atoms with van der Waals surface area (Å²) in [5.41, 5.74) is 14.4. The van der Waals surface area contributed by atoms with Gasteiger partial charge in [-0.1, -0.05) is 170 Å². The van der Waals surface area contributed by atoms with Gasteiger partial charge in [-0.05, 0) is 71.8 Å². The molecule has 5 aromatic heterocycles. The van der Waals surface area contributed by atoms with Gasteiger partial charge in [-0.2, -0.15) is 15.0 Å². The van der Waals surface area contributed by atoms with E-state index in [0.717, 1.165) is 110 Å². The van der Waals surface area contributed by atoms with Gasteiger partial charge in [0.2, 0.25) is 11.9 Å². The Kier molecular flexibility index (Phi) is 8.23. The van der Waals surface area contributed by atoms with Crippen molar-refractivity contribution in [2.75, 3.05) is 0 Å². The molecule has 326 valence electrons. The minimum Gasteiger partial charge on any atom is -0.456 e. The van der Waals surface area contributed by atoms with E-state index < -0.39 is 0 Å². The van der Waals surface area contributed by atoms with Gasteiger partial charge in [-0.15, -0.1) is 0 Å². The molecule has 0 aliphatic heterocycles. The van der Waals surface area contributed by atoms with Crippen LogP contribution in [0.3, 0.4) is 0 Å². The van der Waals surface area contributed by atoms with Crippen molar-refractivity contribution in [2.24, 2.45) is 0 Å². The van der Waals surface area contributed by atoms with Crippen LogP contribution in [-0.2, 0) is 0 Å². The summed E-state index contributed by atoms with van der Waals surface area (Å²) in [6.45, 7) is 0. The zero-order chi connectivity index (χ0) is 45.9. The molecule has 0 radical (unpaired) electrons. The number of aromatic nitrogens is 6. The van der Waals surface area contributed by atoms with Crippen LogP contribution in [0.5, 0.6) is 0 Å². The van der Waals surface area contributed by atoms with E-state index in [-0.39, 0.29) is 0 Å². The van der Waals surface area contributed by atoms with Gasteiger partial charge in [0.05, 0.1) is 38.8 Å². The minimum atomic E-state index is 0.541. The molecule has 10 aromatic carbocycles. The van der Waals surface area contributed by atoms with Gasteiger partial charge in [0.1, 0.15) is 11.2 Å². The van der Waals surface area contributed by atoms with Gasteiger partial charge < -0.3 is 8.98 Å². The van der Waals surface area contributed by atoms with E-state index in [2.05, 4.69) is 232 Å². The third kappa shape index (κ3) is 5.66. The first-order valence-corrected chi connectivity index (χ1v) is 23.6. The van der Waals surface area contributed by atoms with Crippen molar-refractivity contribution < 1.29 is 4.42 Å². The van der Waals surface area contributed by atoms with Crippen LogP contribution in [0.25, 0.3) is 139 Å². The van der Waals surface area contributed by atoms with Crippen LogP contribution in [0, 0.1) is 0 Å². The summed E-state index contributed by atoms with van der Waals surface area (Å²) >= 11 is 0. The molecular weight excluding hydrogens is 857 g/mol. The summed E-state index contributed by atoms with van der Waals surface area (Å²) in [4.78, 5) is 16.3. The zero-order valence-electron chi connectivity index (χ0n) is 37.5. The van der Waals surface area contributed by atoms with E-state index in [0.29, 0.717) is 17.7 Å². The average molecular weight is 895 g/mol. The Morgan fingerprint density at radius 3 is 1.16 bits per heavy atom. The van der Waals surface area contributed by atoms with Crippen LogP contribution in [0.2, 0.25) is 0 Å². The summed E-state index contributed by atoms with van der Waals surface area (Å²) in [5.74, 6) is 1.65. The third-order valence-electron chi connectivity index (χ3n) is 14.1. The second kappa shape index (κ2) is 15.0. The van der Waals surface area contributed by atoms with E-state index in [1.807, 2.05) is 12.1 Å². The van der Waals surface area contributed by atoms with Gasteiger partial charge in [0, 0.05) is 59.8 Å². The number of nitrogens with zero attached hydrogens (tertiary/aromatic N) is 6. The molecule has 0 bridgehead atoms. The van der Waals surface area contributed by atoms with Gasteiger partial charge in [-0.25, -0.2) is 0 Å². The molecule has 7 nitrogen and oxygen atoms in total. The van der Waals surface area contributed by atoms with E-state index >= 15 is 0 Å². The van der Waals surface area contributed by atoms with Gasteiger partial charge >= 0.3 is 0 Å². The lowest BCUT2D eigenvalue weighted by Crippen LogP contribution is -2.10. The average Bonchev–Trinajstić information content (AvgIpc) is 4.17. The molecular formula is C63H38N6O. The van der Waals surface area contributed by atoms with Crippen LogP contribution >= 0.6 is 0 Å². The van der Waals surface area contributed by atoms with Crippen LogP contribution < -0.4 is 0 Å². The summed E-state index contributed by atoms with van der Waals surface area (Å²) < 4.78 is 13.1. The number of furan rings is 1. The first kappa shape index (κ1) is 38.5. The fourth-order valence-electron chi connectivity index (χ4n) is 11.1. The first-order valence-electron chi connectivity index (χ1n) is 23.6. The number of benzene rings is 10. The van der Waals surface area contributed by atoms with Crippen LogP contribution in [-0.4, -0.2) is 28.7 Å². The third-order valence-corrected chi connectivity index (χ3v) is 14.1. The quantitative estimate of drug-likeness (QED) is 0.167. The van der Waals surface area contributed by atoms with E-state index in [9.17, 15) is 0 Å².